The van der Waals surface area contributed by atoms with Gasteiger partial charge in [0.15, 0.2) is 0 Å². The van der Waals surface area contributed by atoms with Crippen LogP contribution in [0.2, 0.25) is 0 Å². The highest BCUT2D eigenvalue weighted by atomic mass is 16.5. The molecule has 5 heteroatoms. The Hall–Kier alpha value is -5.81. The molecular weight excluding hydrogens is 524 g/mol. The minimum absolute atomic E-state index is 0.219. The van der Waals surface area contributed by atoms with Crippen molar-refractivity contribution in [2.24, 2.45) is 0 Å². The molecule has 0 saturated carbocycles. The molecule has 0 atom stereocenters. The Labute approximate surface area is 241 Å². The Morgan fingerprint density at radius 1 is 0.429 bits per heavy atom. The number of hydrogen-bond donors (Lipinski definition) is 1. The molecule has 0 aromatic heterocycles. The van der Waals surface area contributed by atoms with E-state index < -0.39 is 5.97 Å². The van der Waals surface area contributed by atoms with Gasteiger partial charge >= 0.3 is 5.97 Å². The van der Waals surface area contributed by atoms with E-state index in [2.05, 4.69) is 0 Å². The van der Waals surface area contributed by atoms with Crippen molar-refractivity contribution >= 4 is 38.3 Å². The molecule has 202 valence electrons. The topological polar surface area (TPSA) is 65.0 Å². The van der Waals surface area contributed by atoms with Crippen LogP contribution in [0.4, 0.5) is 0 Å². The molecule has 7 rings (SSSR count). The number of phenolic OH excluding ortho intramolecular Hbond substituents is 1. The summed E-state index contributed by atoms with van der Waals surface area (Å²) in [6.07, 6.45) is 0. The van der Waals surface area contributed by atoms with Crippen LogP contribution < -0.4 is 14.2 Å². The number of aromatic hydroxyl groups is 1. The fourth-order valence-electron chi connectivity index (χ4n) is 4.95. The van der Waals surface area contributed by atoms with E-state index in [9.17, 15) is 9.90 Å². The molecule has 42 heavy (non-hydrogen) atoms. The summed E-state index contributed by atoms with van der Waals surface area (Å²) in [7, 11) is 0. The van der Waals surface area contributed by atoms with Crippen molar-refractivity contribution in [2.75, 3.05) is 0 Å². The third-order valence-electron chi connectivity index (χ3n) is 7.05. The molecule has 7 aromatic carbocycles. The van der Waals surface area contributed by atoms with Crippen molar-refractivity contribution in [1.82, 2.24) is 0 Å². The quantitative estimate of drug-likeness (QED) is 0.166. The van der Waals surface area contributed by atoms with Crippen LogP contribution in [0, 0.1) is 0 Å². The number of rotatable bonds is 6. The Bertz CT molecular complexity index is 2100. The van der Waals surface area contributed by atoms with E-state index in [-0.39, 0.29) is 5.75 Å². The Morgan fingerprint density at radius 2 is 0.833 bits per heavy atom. The molecule has 0 amide bonds. The van der Waals surface area contributed by atoms with Crippen LogP contribution in [0.3, 0.4) is 0 Å². The molecule has 0 aliphatic rings. The van der Waals surface area contributed by atoms with E-state index in [1.165, 1.54) is 0 Å². The lowest BCUT2D eigenvalue weighted by Gasteiger charge is -2.11. The zero-order chi connectivity index (χ0) is 28.5. The normalized spacial score (nSPS) is 11.0. The predicted octanol–water partition coefficient (Wildman–Crippen LogP) is 9.66. The Kier molecular flexibility index (Phi) is 6.38. The summed E-state index contributed by atoms with van der Waals surface area (Å²) in [5, 5.41) is 15.7. The molecule has 5 nitrogen and oxygen atoms in total. The van der Waals surface area contributed by atoms with Crippen molar-refractivity contribution < 1.29 is 24.1 Å². The van der Waals surface area contributed by atoms with E-state index in [1.54, 1.807) is 42.5 Å². The van der Waals surface area contributed by atoms with Gasteiger partial charge in [-0.3, -0.25) is 0 Å². The van der Waals surface area contributed by atoms with Crippen LogP contribution in [0.25, 0.3) is 32.3 Å². The van der Waals surface area contributed by atoms with Crippen molar-refractivity contribution in [3.8, 4) is 34.5 Å². The second-order valence-electron chi connectivity index (χ2n) is 9.99. The second-order valence-corrected chi connectivity index (χ2v) is 9.99. The number of carbonyl (C=O) groups excluding carboxylic acids is 1. The number of hydrogen-bond acceptors (Lipinski definition) is 5. The molecule has 0 aliphatic carbocycles. The highest BCUT2D eigenvalue weighted by Gasteiger charge is 2.09. The number of ether oxygens (including phenoxy) is 3. The SMILES string of the molecule is O=C(Oc1ccc2ccc(Oc3ccc4ccc(Oc5ccc6ccc(O)cc6c5)cc4c3)cc2c1)c1ccccc1. The highest BCUT2D eigenvalue weighted by Crippen LogP contribution is 2.33. The first kappa shape index (κ1) is 25.2. The van der Waals surface area contributed by atoms with Gasteiger partial charge in [-0.25, -0.2) is 4.79 Å². The average molecular weight is 549 g/mol. The van der Waals surface area contributed by atoms with Crippen LogP contribution in [0.15, 0.2) is 140 Å². The van der Waals surface area contributed by atoms with Gasteiger partial charge in [-0.2, -0.15) is 0 Å². The molecule has 7 aromatic rings. The maximum Gasteiger partial charge on any atom is 0.343 e. The number of phenols is 1. The summed E-state index contributed by atoms with van der Waals surface area (Å²) in [6.45, 7) is 0. The maximum absolute atomic E-state index is 12.5. The van der Waals surface area contributed by atoms with Gasteiger partial charge in [0.25, 0.3) is 0 Å². The third-order valence-corrected chi connectivity index (χ3v) is 7.05. The van der Waals surface area contributed by atoms with Gasteiger partial charge in [-0.1, -0.05) is 54.6 Å². The molecule has 0 aliphatic heterocycles. The second kappa shape index (κ2) is 10.6. The number of fused-ring (bicyclic) bond motifs is 3. The molecule has 0 radical (unpaired) electrons. The number of esters is 1. The lowest BCUT2D eigenvalue weighted by molar-refractivity contribution is 0.0735. The number of carbonyl (C=O) groups is 1. The summed E-state index contributed by atoms with van der Waals surface area (Å²) >= 11 is 0. The summed E-state index contributed by atoms with van der Waals surface area (Å²) in [5.74, 6) is 3.02. The van der Waals surface area contributed by atoms with Gasteiger partial charge in [-0.15, -0.1) is 0 Å². The largest absolute Gasteiger partial charge is 0.508 e. The van der Waals surface area contributed by atoms with Gasteiger partial charge in [0.1, 0.15) is 34.5 Å². The monoisotopic (exact) mass is 548 g/mol. The van der Waals surface area contributed by atoms with Crippen LogP contribution in [0.1, 0.15) is 10.4 Å². The fraction of sp³-hybridized carbons (Fsp3) is 0. The molecule has 0 bridgehead atoms. The van der Waals surface area contributed by atoms with Crippen LogP contribution in [-0.4, -0.2) is 11.1 Å². The van der Waals surface area contributed by atoms with Crippen LogP contribution >= 0.6 is 0 Å². The van der Waals surface area contributed by atoms with Crippen LogP contribution in [-0.2, 0) is 0 Å². The lowest BCUT2D eigenvalue weighted by Crippen LogP contribution is -2.07. The zero-order valence-corrected chi connectivity index (χ0v) is 22.4. The van der Waals surface area contributed by atoms with E-state index in [1.807, 2.05) is 97.1 Å². The summed E-state index contributed by atoms with van der Waals surface area (Å²) < 4.78 is 18.0. The van der Waals surface area contributed by atoms with E-state index >= 15 is 0 Å². The lowest BCUT2D eigenvalue weighted by atomic mass is 10.1. The van der Waals surface area contributed by atoms with Crippen molar-refractivity contribution in [2.45, 2.75) is 0 Å². The minimum Gasteiger partial charge on any atom is -0.508 e. The molecular formula is C37H24O5. The highest BCUT2D eigenvalue weighted by molar-refractivity contribution is 5.92. The molecule has 1 N–H and O–H groups in total. The smallest absolute Gasteiger partial charge is 0.343 e. The molecule has 0 unspecified atom stereocenters. The Morgan fingerprint density at radius 3 is 1.33 bits per heavy atom. The van der Waals surface area contributed by atoms with Gasteiger partial charge in [0, 0.05) is 0 Å². The van der Waals surface area contributed by atoms with Gasteiger partial charge < -0.3 is 19.3 Å². The minimum atomic E-state index is -0.401. The third kappa shape index (κ3) is 5.31. The molecule has 0 spiro atoms. The molecule has 0 heterocycles. The van der Waals surface area contributed by atoms with Crippen molar-refractivity contribution in [3.05, 3.63) is 145 Å². The van der Waals surface area contributed by atoms with E-state index in [0.717, 1.165) is 32.3 Å². The number of benzene rings is 7. The first-order valence-corrected chi connectivity index (χ1v) is 13.5. The van der Waals surface area contributed by atoms with Gasteiger partial charge in [-0.05, 0) is 117 Å². The first-order chi connectivity index (χ1) is 20.6. The van der Waals surface area contributed by atoms with E-state index in [4.69, 9.17) is 14.2 Å². The Balaban J connectivity index is 1.11. The van der Waals surface area contributed by atoms with E-state index in [0.29, 0.717) is 34.3 Å². The average Bonchev–Trinajstić information content (AvgIpc) is 3.01. The summed E-state index contributed by atoms with van der Waals surface area (Å²) in [6, 6.07) is 43.2. The maximum atomic E-state index is 12.5. The van der Waals surface area contributed by atoms with Gasteiger partial charge in [0.2, 0.25) is 0 Å². The zero-order valence-electron chi connectivity index (χ0n) is 22.4. The standard InChI is InChI=1S/C37H24O5/c38-31-12-6-24-7-13-32(19-28(24)18-31)40-33-14-8-25-9-15-34(21-29(25)20-33)41-35-16-10-26-11-17-36(23-30(26)22-35)42-37(39)27-4-2-1-3-5-27/h1-23,38H. The molecule has 0 saturated heterocycles. The van der Waals surface area contributed by atoms with Crippen molar-refractivity contribution in [1.29, 1.82) is 0 Å². The van der Waals surface area contributed by atoms with Crippen LogP contribution in [0.5, 0.6) is 34.5 Å². The molecule has 0 fully saturated rings. The summed E-state index contributed by atoms with van der Waals surface area (Å²) in [4.78, 5) is 12.5. The predicted molar refractivity (Wildman–Crippen MR) is 165 cm³/mol. The fourth-order valence-corrected chi connectivity index (χ4v) is 4.95. The first-order valence-electron chi connectivity index (χ1n) is 13.5. The van der Waals surface area contributed by atoms with Gasteiger partial charge in [0.05, 0.1) is 5.56 Å². The van der Waals surface area contributed by atoms with Crippen molar-refractivity contribution in [3.63, 3.8) is 0 Å². The summed E-state index contributed by atoms with van der Waals surface area (Å²) in [5.41, 5.74) is 0.497.